The summed E-state index contributed by atoms with van der Waals surface area (Å²) in [7, 11) is 0. The Morgan fingerprint density at radius 1 is 1.00 bits per heavy atom. The van der Waals surface area contributed by atoms with Crippen LogP contribution in [0.4, 0.5) is 13.2 Å². The van der Waals surface area contributed by atoms with Gasteiger partial charge < -0.3 is 4.74 Å². The summed E-state index contributed by atoms with van der Waals surface area (Å²) in [6.07, 6.45) is 0. The Morgan fingerprint density at radius 3 is 2.37 bits per heavy atom. The first kappa shape index (κ1) is 14.0. The van der Waals surface area contributed by atoms with Crippen molar-refractivity contribution in [2.24, 2.45) is 0 Å². The van der Waals surface area contributed by atoms with Gasteiger partial charge in [-0.15, -0.1) is 0 Å². The van der Waals surface area contributed by atoms with Gasteiger partial charge in [-0.05, 0) is 23.8 Å². The lowest BCUT2D eigenvalue weighted by molar-refractivity contribution is -0.0521. The van der Waals surface area contributed by atoms with E-state index in [0.29, 0.717) is 10.6 Å². The zero-order valence-electron chi connectivity index (χ0n) is 9.34. The summed E-state index contributed by atoms with van der Waals surface area (Å²) in [6, 6.07) is 8.47. The summed E-state index contributed by atoms with van der Waals surface area (Å²) in [6.45, 7) is -3.08. The first-order valence-corrected chi connectivity index (χ1v) is 5.93. The molecule has 0 amide bonds. The van der Waals surface area contributed by atoms with Gasteiger partial charge in [-0.3, -0.25) is 0 Å². The van der Waals surface area contributed by atoms with Gasteiger partial charge in [0.2, 0.25) is 0 Å². The first-order valence-electron chi connectivity index (χ1n) is 5.18. The highest BCUT2D eigenvalue weighted by Gasteiger charge is 2.15. The lowest BCUT2D eigenvalue weighted by Gasteiger charge is -2.10. The molecule has 0 unspecified atom stereocenters. The van der Waals surface area contributed by atoms with E-state index in [1.54, 1.807) is 6.07 Å². The summed E-state index contributed by atoms with van der Waals surface area (Å²) in [5, 5.41) is 0.574. The van der Waals surface area contributed by atoms with Crippen molar-refractivity contribution in [1.82, 2.24) is 0 Å². The van der Waals surface area contributed by atoms with Gasteiger partial charge in [-0.2, -0.15) is 8.78 Å². The van der Waals surface area contributed by atoms with E-state index in [1.807, 2.05) is 0 Å². The zero-order valence-corrected chi connectivity index (χ0v) is 10.9. The second-order valence-corrected chi connectivity index (χ2v) is 4.44. The van der Waals surface area contributed by atoms with Gasteiger partial charge in [0.15, 0.2) is 11.6 Å². The largest absolute Gasteiger partial charge is 0.432 e. The van der Waals surface area contributed by atoms with Crippen molar-refractivity contribution in [3.63, 3.8) is 0 Å². The van der Waals surface area contributed by atoms with Crippen LogP contribution in [0.2, 0.25) is 10.0 Å². The van der Waals surface area contributed by atoms with Crippen molar-refractivity contribution < 1.29 is 17.9 Å². The van der Waals surface area contributed by atoms with Crippen molar-refractivity contribution in [3.05, 3.63) is 52.3 Å². The van der Waals surface area contributed by atoms with Crippen molar-refractivity contribution in [2.75, 3.05) is 0 Å². The molecule has 0 radical (unpaired) electrons. The molecule has 0 saturated heterocycles. The smallest absolute Gasteiger partial charge is 0.387 e. The predicted molar refractivity (Wildman–Crippen MR) is 68.5 cm³/mol. The second-order valence-electron chi connectivity index (χ2n) is 3.63. The lowest BCUT2D eigenvalue weighted by Crippen LogP contribution is -2.04. The Balaban J connectivity index is 2.47. The van der Waals surface area contributed by atoms with Crippen LogP contribution in [0.25, 0.3) is 11.1 Å². The number of benzene rings is 2. The van der Waals surface area contributed by atoms with Crippen LogP contribution < -0.4 is 4.74 Å². The molecule has 0 aliphatic heterocycles. The van der Waals surface area contributed by atoms with E-state index in [0.717, 1.165) is 6.07 Å². The second kappa shape index (κ2) is 5.72. The van der Waals surface area contributed by atoms with Crippen molar-refractivity contribution in [1.29, 1.82) is 0 Å². The van der Waals surface area contributed by atoms with Gasteiger partial charge in [0.05, 0.1) is 10.0 Å². The molecule has 19 heavy (non-hydrogen) atoms. The molecule has 6 heteroatoms. The Morgan fingerprint density at radius 2 is 1.74 bits per heavy atom. The maximum Gasteiger partial charge on any atom is 0.387 e. The average molecular weight is 307 g/mol. The molecule has 0 N–H and O–H groups in total. The number of hydrogen-bond acceptors (Lipinski definition) is 1. The molecule has 0 spiro atoms. The van der Waals surface area contributed by atoms with Crippen LogP contribution in [0.5, 0.6) is 5.75 Å². The molecule has 0 saturated carbocycles. The van der Waals surface area contributed by atoms with Crippen LogP contribution in [0.1, 0.15) is 0 Å². The molecule has 2 rings (SSSR count). The molecule has 0 aliphatic carbocycles. The lowest BCUT2D eigenvalue weighted by atomic mass is 10.0. The maximum absolute atomic E-state index is 14.0. The van der Waals surface area contributed by atoms with Crippen LogP contribution in [-0.2, 0) is 0 Å². The van der Waals surface area contributed by atoms with Crippen LogP contribution in [0.3, 0.4) is 0 Å². The molecule has 100 valence electrons. The predicted octanol–water partition coefficient (Wildman–Crippen LogP) is 5.40. The number of ether oxygens (including phenoxy) is 1. The highest BCUT2D eigenvalue weighted by atomic mass is 35.5. The van der Waals surface area contributed by atoms with E-state index in [1.165, 1.54) is 24.3 Å². The average Bonchev–Trinajstić information content (AvgIpc) is 2.35. The number of hydrogen-bond donors (Lipinski definition) is 0. The Labute approximate surface area is 117 Å². The first-order chi connectivity index (χ1) is 8.99. The molecule has 0 atom stereocenters. The standard InChI is InChI=1S/C13H7Cl2F3O/c14-9-5-4-7(6-10(9)15)8-2-1-3-11(12(8)16)19-13(17)18/h1-6,13H. The fraction of sp³-hybridized carbons (Fsp3) is 0.0769. The van der Waals surface area contributed by atoms with E-state index in [2.05, 4.69) is 4.74 Å². The molecule has 0 heterocycles. The fourth-order valence-corrected chi connectivity index (χ4v) is 1.88. The molecule has 0 bridgehead atoms. The summed E-state index contributed by atoms with van der Waals surface area (Å²) < 4.78 is 42.4. The van der Waals surface area contributed by atoms with Crippen molar-refractivity contribution in [2.45, 2.75) is 6.61 Å². The van der Waals surface area contributed by atoms with Gasteiger partial charge in [-0.25, -0.2) is 4.39 Å². The van der Waals surface area contributed by atoms with Crippen LogP contribution >= 0.6 is 23.2 Å². The normalized spacial score (nSPS) is 10.8. The van der Waals surface area contributed by atoms with Crippen molar-refractivity contribution >= 4 is 23.2 Å². The minimum Gasteiger partial charge on any atom is -0.432 e. The topological polar surface area (TPSA) is 9.23 Å². The summed E-state index contributed by atoms with van der Waals surface area (Å²) >= 11 is 11.6. The van der Waals surface area contributed by atoms with E-state index in [-0.39, 0.29) is 10.6 Å². The molecule has 1 nitrogen and oxygen atoms in total. The number of halogens is 5. The number of rotatable bonds is 3. The highest BCUT2D eigenvalue weighted by molar-refractivity contribution is 6.42. The minimum atomic E-state index is -3.08. The van der Waals surface area contributed by atoms with Crippen LogP contribution in [0, 0.1) is 5.82 Å². The van der Waals surface area contributed by atoms with E-state index < -0.39 is 18.2 Å². The summed E-state index contributed by atoms with van der Waals surface area (Å²) in [5.41, 5.74) is 0.531. The SMILES string of the molecule is Fc1c(OC(F)F)cccc1-c1ccc(Cl)c(Cl)c1. The molecule has 0 fully saturated rings. The Bertz CT molecular complexity index is 602. The Kier molecular flexibility index (Phi) is 4.22. The molecular formula is C13H7Cl2F3O. The molecule has 0 aromatic heterocycles. The van der Waals surface area contributed by atoms with Gasteiger partial charge in [0, 0.05) is 5.56 Å². The third-order valence-corrected chi connectivity index (χ3v) is 3.15. The molecular weight excluding hydrogens is 300 g/mol. The van der Waals surface area contributed by atoms with Crippen molar-refractivity contribution in [3.8, 4) is 16.9 Å². The van der Waals surface area contributed by atoms with Crippen LogP contribution in [-0.4, -0.2) is 6.61 Å². The number of alkyl halides is 2. The van der Waals surface area contributed by atoms with E-state index >= 15 is 0 Å². The Hall–Kier alpha value is -1.39. The highest BCUT2D eigenvalue weighted by Crippen LogP contribution is 2.33. The monoisotopic (exact) mass is 306 g/mol. The van der Waals surface area contributed by atoms with Gasteiger partial charge in [0.25, 0.3) is 0 Å². The zero-order chi connectivity index (χ0) is 14.0. The summed E-state index contributed by atoms with van der Waals surface area (Å²) in [4.78, 5) is 0. The van der Waals surface area contributed by atoms with Crippen LogP contribution in [0.15, 0.2) is 36.4 Å². The molecule has 2 aromatic carbocycles. The van der Waals surface area contributed by atoms with Gasteiger partial charge in [-0.1, -0.05) is 41.4 Å². The third-order valence-electron chi connectivity index (χ3n) is 2.41. The fourth-order valence-electron chi connectivity index (χ4n) is 1.58. The summed E-state index contributed by atoms with van der Waals surface area (Å²) in [5.74, 6) is -1.39. The van der Waals surface area contributed by atoms with E-state index in [9.17, 15) is 13.2 Å². The maximum atomic E-state index is 14.0. The van der Waals surface area contributed by atoms with E-state index in [4.69, 9.17) is 23.2 Å². The van der Waals surface area contributed by atoms with Gasteiger partial charge >= 0.3 is 6.61 Å². The minimum absolute atomic E-state index is 0.108. The molecule has 0 aliphatic rings. The molecule has 2 aromatic rings. The third kappa shape index (κ3) is 3.14. The quantitative estimate of drug-likeness (QED) is 0.737. The van der Waals surface area contributed by atoms with Gasteiger partial charge in [0.1, 0.15) is 0 Å².